The van der Waals surface area contributed by atoms with E-state index >= 15 is 0 Å². The molecule has 0 spiro atoms. The van der Waals surface area contributed by atoms with E-state index in [2.05, 4.69) is 19.2 Å². The van der Waals surface area contributed by atoms with Crippen molar-refractivity contribution >= 4 is 0 Å². The predicted octanol–water partition coefficient (Wildman–Crippen LogP) is 4.13. The molecule has 0 radical (unpaired) electrons. The Morgan fingerprint density at radius 3 is 2.31 bits per heavy atom. The maximum absolute atomic E-state index is 3.78. The Labute approximate surface area is 101 Å². The van der Waals surface area contributed by atoms with Gasteiger partial charge in [-0.1, -0.05) is 39.5 Å². The van der Waals surface area contributed by atoms with Crippen molar-refractivity contribution in [2.75, 3.05) is 6.54 Å². The van der Waals surface area contributed by atoms with Gasteiger partial charge in [0.05, 0.1) is 0 Å². The van der Waals surface area contributed by atoms with Crippen molar-refractivity contribution in [3.63, 3.8) is 0 Å². The summed E-state index contributed by atoms with van der Waals surface area (Å²) in [6.07, 6.45) is 13.0. The number of rotatable bonds is 6. The molecule has 1 nitrogen and oxygen atoms in total. The second-order valence-electron chi connectivity index (χ2n) is 6.39. The third-order valence-corrected chi connectivity index (χ3v) is 4.78. The van der Waals surface area contributed by atoms with Crippen molar-refractivity contribution in [1.29, 1.82) is 0 Å². The number of hydrogen-bond acceptors (Lipinski definition) is 1. The van der Waals surface area contributed by atoms with E-state index in [1.807, 2.05) is 0 Å². The third kappa shape index (κ3) is 3.23. The fourth-order valence-corrected chi connectivity index (χ4v) is 3.47. The highest BCUT2D eigenvalue weighted by molar-refractivity contribution is 4.90. The Balaban J connectivity index is 1.88. The highest BCUT2D eigenvalue weighted by Crippen LogP contribution is 2.41. The Hall–Kier alpha value is -0.0400. The average molecular weight is 223 g/mol. The molecule has 0 aromatic rings. The minimum atomic E-state index is 0.581. The molecular weight excluding hydrogens is 194 g/mol. The molecule has 2 aliphatic carbocycles. The SMILES string of the molecule is CCCC(C)(CNC1CC1)C1CCCCC1. The van der Waals surface area contributed by atoms with Gasteiger partial charge < -0.3 is 5.32 Å². The van der Waals surface area contributed by atoms with Gasteiger partial charge in [0.25, 0.3) is 0 Å². The van der Waals surface area contributed by atoms with Crippen LogP contribution < -0.4 is 5.32 Å². The second-order valence-corrected chi connectivity index (χ2v) is 6.39. The van der Waals surface area contributed by atoms with Crippen molar-refractivity contribution < 1.29 is 0 Å². The lowest BCUT2D eigenvalue weighted by atomic mass is 9.67. The Kier molecular flexibility index (Phi) is 4.29. The fourth-order valence-electron chi connectivity index (χ4n) is 3.47. The van der Waals surface area contributed by atoms with E-state index in [0.29, 0.717) is 5.41 Å². The van der Waals surface area contributed by atoms with Crippen LogP contribution in [0.25, 0.3) is 0 Å². The van der Waals surface area contributed by atoms with Crippen LogP contribution >= 0.6 is 0 Å². The second kappa shape index (κ2) is 5.53. The quantitative estimate of drug-likeness (QED) is 0.714. The van der Waals surface area contributed by atoms with Crippen molar-refractivity contribution in [2.24, 2.45) is 11.3 Å². The summed E-state index contributed by atoms with van der Waals surface area (Å²) in [6.45, 7) is 6.16. The van der Waals surface area contributed by atoms with Gasteiger partial charge in [0, 0.05) is 12.6 Å². The highest BCUT2D eigenvalue weighted by Gasteiger charge is 2.35. The van der Waals surface area contributed by atoms with Gasteiger partial charge in [-0.3, -0.25) is 0 Å². The molecule has 1 atom stereocenters. The molecule has 0 aromatic carbocycles. The zero-order valence-corrected chi connectivity index (χ0v) is 11.2. The van der Waals surface area contributed by atoms with Gasteiger partial charge >= 0.3 is 0 Å². The molecule has 1 N–H and O–H groups in total. The van der Waals surface area contributed by atoms with Gasteiger partial charge in [0.1, 0.15) is 0 Å². The van der Waals surface area contributed by atoms with E-state index in [1.54, 1.807) is 0 Å². The molecule has 0 aliphatic heterocycles. The maximum atomic E-state index is 3.78. The summed E-state index contributed by atoms with van der Waals surface area (Å²) in [5.74, 6) is 0.993. The molecule has 1 unspecified atom stereocenters. The van der Waals surface area contributed by atoms with Crippen LogP contribution in [0.4, 0.5) is 0 Å². The van der Waals surface area contributed by atoms with Gasteiger partial charge in [-0.15, -0.1) is 0 Å². The Bertz CT molecular complexity index is 203. The molecule has 2 rings (SSSR count). The van der Waals surface area contributed by atoms with Gasteiger partial charge in [0.15, 0.2) is 0 Å². The Morgan fingerprint density at radius 2 is 1.75 bits per heavy atom. The number of hydrogen-bond donors (Lipinski definition) is 1. The van der Waals surface area contributed by atoms with Crippen LogP contribution in [0.15, 0.2) is 0 Å². The molecule has 0 bridgehead atoms. The first-order valence-corrected chi connectivity index (χ1v) is 7.48. The van der Waals surface area contributed by atoms with Crippen LogP contribution in [-0.2, 0) is 0 Å². The Morgan fingerprint density at radius 1 is 1.06 bits per heavy atom. The summed E-state index contributed by atoms with van der Waals surface area (Å²) in [6, 6.07) is 0.875. The lowest BCUT2D eigenvalue weighted by molar-refractivity contribution is 0.120. The van der Waals surface area contributed by atoms with E-state index in [0.717, 1.165) is 12.0 Å². The smallest absolute Gasteiger partial charge is 0.00684 e. The van der Waals surface area contributed by atoms with E-state index in [4.69, 9.17) is 0 Å². The lowest BCUT2D eigenvalue weighted by Crippen LogP contribution is -2.39. The van der Waals surface area contributed by atoms with E-state index in [-0.39, 0.29) is 0 Å². The van der Waals surface area contributed by atoms with E-state index in [1.165, 1.54) is 64.3 Å². The van der Waals surface area contributed by atoms with Crippen LogP contribution in [0.1, 0.15) is 71.6 Å². The minimum Gasteiger partial charge on any atom is -0.313 e. The number of nitrogens with one attached hydrogen (secondary N) is 1. The van der Waals surface area contributed by atoms with E-state index in [9.17, 15) is 0 Å². The predicted molar refractivity (Wildman–Crippen MR) is 70.6 cm³/mol. The summed E-state index contributed by atoms with van der Waals surface area (Å²) < 4.78 is 0. The first-order chi connectivity index (χ1) is 7.74. The molecule has 0 aromatic heterocycles. The van der Waals surface area contributed by atoms with Crippen molar-refractivity contribution in [1.82, 2.24) is 5.32 Å². The summed E-state index contributed by atoms with van der Waals surface area (Å²) in [4.78, 5) is 0. The molecule has 94 valence electrons. The topological polar surface area (TPSA) is 12.0 Å². The minimum absolute atomic E-state index is 0.581. The molecule has 2 fully saturated rings. The zero-order valence-electron chi connectivity index (χ0n) is 11.2. The van der Waals surface area contributed by atoms with E-state index < -0.39 is 0 Å². The molecule has 16 heavy (non-hydrogen) atoms. The van der Waals surface area contributed by atoms with Gasteiger partial charge in [-0.2, -0.15) is 0 Å². The van der Waals surface area contributed by atoms with Crippen LogP contribution in [0.3, 0.4) is 0 Å². The van der Waals surface area contributed by atoms with Crippen LogP contribution in [0, 0.1) is 11.3 Å². The third-order valence-electron chi connectivity index (χ3n) is 4.78. The zero-order chi connectivity index (χ0) is 11.4. The van der Waals surface area contributed by atoms with Gasteiger partial charge in [-0.25, -0.2) is 0 Å². The molecule has 2 saturated carbocycles. The summed E-state index contributed by atoms with van der Waals surface area (Å²) >= 11 is 0. The lowest BCUT2D eigenvalue weighted by Gasteiger charge is -2.40. The first-order valence-electron chi connectivity index (χ1n) is 7.48. The first kappa shape index (κ1) is 12.4. The highest BCUT2D eigenvalue weighted by atomic mass is 15.0. The van der Waals surface area contributed by atoms with Crippen molar-refractivity contribution in [3.05, 3.63) is 0 Å². The summed E-state index contributed by atoms with van der Waals surface area (Å²) in [7, 11) is 0. The van der Waals surface area contributed by atoms with Crippen molar-refractivity contribution in [3.8, 4) is 0 Å². The maximum Gasteiger partial charge on any atom is 0.00684 e. The molecule has 0 heterocycles. The normalized spacial score (nSPS) is 26.6. The molecule has 0 amide bonds. The van der Waals surface area contributed by atoms with Crippen LogP contribution in [0.2, 0.25) is 0 Å². The molecule has 1 heteroatoms. The van der Waals surface area contributed by atoms with Crippen LogP contribution in [0.5, 0.6) is 0 Å². The average Bonchev–Trinajstić information content (AvgIpc) is 3.12. The fraction of sp³-hybridized carbons (Fsp3) is 1.00. The standard InChI is InChI=1S/C15H29N/c1-3-11-15(2,12-16-14-9-10-14)13-7-5-4-6-8-13/h13-14,16H,3-12H2,1-2H3. The molecular formula is C15H29N. The van der Waals surface area contributed by atoms with Crippen molar-refractivity contribution in [2.45, 2.75) is 77.7 Å². The van der Waals surface area contributed by atoms with Crippen LogP contribution in [-0.4, -0.2) is 12.6 Å². The van der Waals surface area contributed by atoms with Gasteiger partial charge in [-0.05, 0) is 43.4 Å². The largest absolute Gasteiger partial charge is 0.313 e. The molecule has 0 saturated heterocycles. The summed E-state index contributed by atoms with van der Waals surface area (Å²) in [5.41, 5.74) is 0.581. The molecule has 2 aliphatic rings. The summed E-state index contributed by atoms with van der Waals surface area (Å²) in [5, 5.41) is 3.78. The monoisotopic (exact) mass is 223 g/mol. The van der Waals surface area contributed by atoms with Gasteiger partial charge in [0.2, 0.25) is 0 Å².